The minimum atomic E-state index is -1.67. The molecule has 3 rings (SSSR count). The standard InChI is InChI=1S/C17H9ClF4N2O3/c1-23-14-8(19)2-3-10(13(14)22)24-5-7(17(26)27)16(25)6-4-9(20)12(21)11(18)15(6)24/h2-5,23H,1H3,(H,26,27). The van der Waals surface area contributed by atoms with E-state index in [-0.39, 0.29) is 0 Å². The minimum absolute atomic E-state index is 0.429. The Labute approximate surface area is 153 Å². The Morgan fingerprint density at radius 1 is 1.15 bits per heavy atom. The van der Waals surface area contributed by atoms with Gasteiger partial charge in [-0.15, -0.1) is 0 Å². The SMILES string of the molecule is CNc1c(F)ccc(-n2cc(C(=O)O)c(=O)c3cc(F)c(F)c(Cl)c32)c1F. The van der Waals surface area contributed by atoms with Gasteiger partial charge in [-0.3, -0.25) is 4.79 Å². The molecule has 0 aliphatic rings. The third kappa shape index (κ3) is 2.80. The first-order valence-electron chi connectivity index (χ1n) is 7.31. The number of carboxylic acid groups (broad SMARTS) is 1. The number of nitrogens with one attached hydrogen (secondary N) is 1. The molecular weight excluding hydrogens is 392 g/mol. The Kier molecular flexibility index (Phi) is 4.56. The molecule has 10 heteroatoms. The molecular formula is C17H9ClF4N2O3. The predicted octanol–water partition coefficient (Wildman–Crippen LogP) is 3.94. The lowest BCUT2D eigenvalue weighted by Gasteiger charge is -2.16. The van der Waals surface area contributed by atoms with Gasteiger partial charge in [0.1, 0.15) is 22.1 Å². The van der Waals surface area contributed by atoms with E-state index in [0.717, 1.165) is 16.7 Å². The molecule has 0 unspecified atom stereocenters. The molecule has 0 radical (unpaired) electrons. The van der Waals surface area contributed by atoms with Crippen LogP contribution >= 0.6 is 11.6 Å². The fraction of sp³-hybridized carbons (Fsp3) is 0.0588. The van der Waals surface area contributed by atoms with Gasteiger partial charge in [0.05, 0.1) is 16.6 Å². The lowest BCUT2D eigenvalue weighted by molar-refractivity contribution is 0.0695. The highest BCUT2D eigenvalue weighted by molar-refractivity contribution is 6.35. The van der Waals surface area contributed by atoms with E-state index in [4.69, 9.17) is 11.6 Å². The number of hydrogen-bond acceptors (Lipinski definition) is 3. The van der Waals surface area contributed by atoms with E-state index in [1.807, 2.05) is 0 Å². The highest BCUT2D eigenvalue weighted by Gasteiger charge is 2.24. The first-order chi connectivity index (χ1) is 12.7. The minimum Gasteiger partial charge on any atom is -0.477 e. The molecule has 1 heterocycles. The number of benzene rings is 2. The Hall–Kier alpha value is -3.07. The summed E-state index contributed by atoms with van der Waals surface area (Å²) in [6.45, 7) is 0. The third-order valence-electron chi connectivity index (χ3n) is 3.94. The normalized spacial score (nSPS) is 11.0. The van der Waals surface area contributed by atoms with Crippen LogP contribution in [0.2, 0.25) is 5.02 Å². The van der Waals surface area contributed by atoms with Gasteiger partial charge in [0.2, 0.25) is 5.43 Å². The Morgan fingerprint density at radius 2 is 1.81 bits per heavy atom. The Balaban J connectivity index is 2.58. The number of aromatic carboxylic acids is 1. The van der Waals surface area contributed by atoms with Crippen molar-refractivity contribution in [2.24, 2.45) is 0 Å². The van der Waals surface area contributed by atoms with Crippen molar-refractivity contribution in [1.29, 1.82) is 0 Å². The van der Waals surface area contributed by atoms with Crippen molar-refractivity contribution < 1.29 is 27.5 Å². The number of halogens is 5. The largest absolute Gasteiger partial charge is 0.477 e. The molecule has 140 valence electrons. The van der Waals surface area contributed by atoms with Crippen LogP contribution in [-0.2, 0) is 0 Å². The van der Waals surface area contributed by atoms with Gasteiger partial charge in [-0.25, -0.2) is 22.4 Å². The van der Waals surface area contributed by atoms with Crippen molar-refractivity contribution >= 4 is 34.2 Å². The van der Waals surface area contributed by atoms with Crippen LogP contribution in [0.1, 0.15) is 10.4 Å². The van der Waals surface area contributed by atoms with Gasteiger partial charge >= 0.3 is 5.97 Å². The molecule has 0 amide bonds. The first-order valence-corrected chi connectivity index (χ1v) is 7.69. The van der Waals surface area contributed by atoms with Crippen LogP contribution in [0.15, 0.2) is 29.2 Å². The molecule has 0 spiro atoms. The van der Waals surface area contributed by atoms with Gasteiger partial charge in [0, 0.05) is 13.2 Å². The molecule has 2 N–H and O–H groups in total. The lowest BCUT2D eigenvalue weighted by Crippen LogP contribution is -2.20. The van der Waals surface area contributed by atoms with Gasteiger partial charge in [0.15, 0.2) is 17.5 Å². The average Bonchev–Trinajstić information content (AvgIpc) is 2.61. The van der Waals surface area contributed by atoms with Crippen LogP contribution in [0.25, 0.3) is 16.6 Å². The number of nitrogens with zero attached hydrogens (tertiary/aromatic N) is 1. The number of hydrogen-bond donors (Lipinski definition) is 2. The van der Waals surface area contributed by atoms with Crippen molar-refractivity contribution in [2.75, 3.05) is 12.4 Å². The summed E-state index contributed by atoms with van der Waals surface area (Å²) in [5.41, 5.74) is -3.40. The fourth-order valence-corrected chi connectivity index (χ4v) is 2.97. The number of carbonyl (C=O) groups is 1. The highest BCUT2D eigenvalue weighted by Crippen LogP contribution is 2.32. The third-order valence-corrected chi connectivity index (χ3v) is 4.28. The van der Waals surface area contributed by atoms with E-state index in [2.05, 4.69) is 5.32 Å². The number of aromatic nitrogens is 1. The van der Waals surface area contributed by atoms with Crippen LogP contribution in [0.3, 0.4) is 0 Å². The van der Waals surface area contributed by atoms with Crippen molar-refractivity contribution in [3.8, 4) is 5.69 Å². The lowest BCUT2D eigenvalue weighted by atomic mass is 10.1. The molecule has 0 fully saturated rings. The van der Waals surface area contributed by atoms with E-state index in [1.165, 1.54) is 7.05 Å². The number of carboxylic acids is 1. The molecule has 0 bridgehead atoms. The summed E-state index contributed by atoms with van der Waals surface area (Å²) in [5.74, 6) is -6.75. The number of pyridine rings is 1. The van der Waals surface area contributed by atoms with E-state index >= 15 is 0 Å². The molecule has 0 aliphatic carbocycles. The first kappa shape index (κ1) is 18.7. The molecule has 3 aromatic rings. The average molecular weight is 401 g/mol. The van der Waals surface area contributed by atoms with E-state index in [1.54, 1.807) is 0 Å². The molecule has 0 aliphatic heterocycles. The summed E-state index contributed by atoms with van der Waals surface area (Å²) in [7, 11) is 1.25. The summed E-state index contributed by atoms with van der Waals surface area (Å²) in [5, 5.41) is 10.1. The van der Waals surface area contributed by atoms with Crippen LogP contribution in [0, 0.1) is 23.3 Å². The molecule has 0 saturated carbocycles. The number of rotatable bonds is 3. The topological polar surface area (TPSA) is 71.3 Å². The van der Waals surface area contributed by atoms with Crippen LogP contribution in [0.4, 0.5) is 23.2 Å². The second-order valence-corrected chi connectivity index (χ2v) is 5.81. The van der Waals surface area contributed by atoms with Gasteiger partial charge in [-0.2, -0.15) is 0 Å². The van der Waals surface area contributed by atoms with Crippen molar-refractivity contribution in [2.45, 2.75) is 0 Å². The molecule has 5 nitrogen and oxygen atoms in total. The summed E-state index contributed by atoms with van der Waals surface area (Å²) in [6, 6.07) is 2.29. The molecule has 0 atom stereocenters. The Morgan fingerprint density at radius 3 is 2.41 bits per heavy atom. The zero-order chi connectivity index (χ0) is 20.0. The zero-order valence-corrected chi connectivity index (χ0v) is 14.2. The van der Waals surface area contributed by atoms with Gasteiger partial charge < -0.3 is 15.0 Å². The molecule has 0 saturated heterocycles. The van der Waals surface area contributed by atoms with Crippen molar-refractivity contribution in [3.05, 3.63) is 68.5 Å². The van der Waals surface area contributed by atoms with E-state index in [0.29, 0.717) is 12.3 Å². The van der Waals surface area contributed by atoms with Crippen LogP contribution < -0.4 is 10.7 Å². The quantitative estimate of drug-likeness (QED) is 0.516. The Bertz CT molecular complexity index is 1180. The van der Waals surface area contributed by atoms with Crippen molar-refractivity contribution in [3.63, 3.8) is 0 Å². The molecule has 1 aromatic heterocycles. The summed E-state index contributed by atoms with van der Waals surface area (Å²) < 4.78 is 56.9. The van der Waals surface area contributed by atoms with Crippen LogP contribution in [0.5, 0.6) is 0 Å². The number of fused-ring (bicyclic) bond motifs is 1. The van der Waals surface area contributed by atoms with E-state index in [9.17, 15) is 32.3 Å². The maximum absolute atomic E-state index is 14.7. The van der Waals surface area contributed by atoms with Crippen LogP contribution in [-0.4, -0.2) is 22.7 Å². The second kappa shape index (κ2) is 6.58. The molecule has 27 heavy (non-hydrogen) atoms. The zero-order valence-electron chi connectivity index (χ0n) is 13.4. The molecule has 2 aromatic carbocycles. The summed E-state index contributed by atoms with van der Waals surface area (Å²) in [4.78, 5) is 23.7. The van der Waals surface area contributed by atoms with Gasteiger partial charge in [-0.05, 0) is 18.2 Å². The fourth-order valence-electron chi connectivity index (χ4n) is 2.69. The predicted molar refractivity (Wildman–Crippen MR) is 90.9 cm³/mol. The van der Waals surface area contributed by atoms with Gasteiger partial charge in [-0.1, -0.05) is 11.6 Å². The van der Waals surface area contributed by atoms with E-state index < -0.39 is 67.5 Å². The maximum Gasteiger partial charge on any atom is 0.341 e. The number of anilines is 1. The highest BCUT2D eigenvalue weighted by atomic mass is 35.5. The summed E-state index contributed by atoms with van der Waals surface area (Å²) in [6.07, 6.45) is 0.714. The summed E-state index contributed by atoms with van der Waals surface area (Å²) >= 11 is 5.81. The van der Waals surface area contributed by atoms with Crippen molar-refractivity contribution in [1.82, 2.24) is 4.57 Å². The second-order valence-electron chi connectivity index (χ2n) is 5.44. The smallest absolute Gasteiger partial charge is 0.341 e. The monoisotopic (exact) mass is 400 g/mol. The maximum atomic E-state index is 14.7. The van der Waals surface area contributed by atoms with Gasteiger partial charge in [0.25, 0.3) is 0 Å².